The Kier molecular flexibility index (Phi) is 3.79. The van der Waals surface area contributed by atoms with Crippen molar-refractivity contribution in [2.75, 3.05) is 6.54 Å². The number of likely N-dealkylation sites (tertiary alicyclic amines) is 1. The van der Waals surface area contributed by atoms with Crippen molar-refractivity contribution in [2.45, 2.75) is 31.8 Å². The van der Waals surface area contributed by atoms with E-state index in [-0.39, 0.29) is 6.04 Å². The standard InChI is InChI=1S/C11H13BrN2S/c12-11-5-4-10(15-11)8-14-6-2-1-3-9(14)7-13/h4-5,9H,1-3,6,8H2. The fourth-order valence-corrected chi connectivity index (χ4v) is 3.47. The van der Waals surface area contributed by atoms with E-state index in [2.05, 4.69) is 39.0 Å². The summed E-state index contributed by atoms with van der Waals surface area (Å²) in [5.41, 5.74) is 0. The van der Waals surface area contributed by atoms with Gasteiger partial charge in [-0.2, -0.15) is 5.26 Å². The molecule has 1 aliphatic rings. The van der Waals surface area contributed by atoms with Crippen LogP contribution in [0, 0.1) is 11.3 Å². The minimum Gasteiger partial charge on any atom is -0.283 e. The Labute approximate surface area is 103 Å². The Balaban J connectivity index is 2.01. The van der Waals surface area contributed by atoms with Crippen LogP contribution in [0.1, 0.15) is 24.1 Å². The highest BCUT2D eigenvalue weighted by Gasteiger charge is 2.22. The smallest absolute Gasteiger partial charge is 0.0981 e. The first kappa shape index (κ1) is 11.1. The van der Waals surface area contributed by atoms with Crippen LogP contribution in [0.15, 0.2) is 15.9 Å². The van der Waals surface area contributed by atoms with Crippen LogP contribution in [-0.4, -0.2) is 17.5 Å². The molecule has 1 saturated heterocycles. The fourth-order valence-electron chi connectivity index (χ4n) is 1.96. The quantitative estimate of drug-likeness (QED) is 0.832. The SMILES string of the molecule is N#CC1CCCCN1Cc1ccc(Br)s1. The number of nitrogens with zero attached hydrogens (tertiary/aromatic N) is 2. The number of piperidine rings is 1. The van der Waals surface area contributed by atoms with Crippen molar-refractivity contribution in [1.29, 1.82) is 5.26 Å². The number of rotatable bonds is 2. The van der Waals surface area contributed by atoms with E-state index >= 15 is 0 Å². The van der Waals surface area contributed by atoms with Gasteiger partial charge < -0.3 is 0 Å². The summed E-state index contributed by atoms with van der Waals surface area (Å²) >= 11 is 5.22. The third-order valence-corrected chi connectivity index (χ3v) is 4.36. The Morgan fingerprint density at radius 2 is 2.40 bits per heavy atom. The van der Waals surface area contributed by atoms with Gasteiger partial charge in [0.1, 0.15) is 0 Å². The molecule has 4 heteroatoms. The highest BCUT2D eigenvalue weighted by atomic mass is 79.9. The highest BCUT2D eigenvalue weighted by molar-refractivity contribution is 9.11. The second-order valence-electron chi connectivity index (χ2n) is 3.82. The van der Waals surface area contributed by atoms with Crippen LogP contribution in [0.2, 0.25) is 0 Å². The average Bonchev–Trinajstić information content (AvgIpc) is 2.65. The van der Waals surface area contributed by atoms with Gasteiger partial charge in [-0.15, -0.1) is 11.3 Å². The van der Waals surface area contributed by atoms with E-state index in [4.69, 9.17) is 5.26 Å². The van der Waals surface area contributed by atoms with Gasteiger partial charge in [0.05, 0.1) is 15.9 Å². The van der Waals surface area contributed by atoms with Crippen LogP contribution in [0.3, 0.4) is 0 Å². The monoisotopic (exact) mass is 284 g/mol. The van der Waals surface area contributed by atoms with E-state index in [0.717, 1.165) is 19.5 Å². The molecular weight excluding hydrogens is 272 g/mol. The van der Waals surface area contributed by atoms with Crippen LogP contribution < -0.4 is 0 Å². The molecule has 0 bridgehead atoms. The Morgan fingerprint density at radius 3 is 3.07 bits per heavy atom. The van der Waals surface area contributed by atoms with Crippen LogP contribution in [0.25, 0.3) is 0 Å². The number of hydrogen-bond acceptors (Lipinski definition) is 3. The molecule has 1 unspecified atom stereocenters. The van der Waals surface area contributed by atoms with Crippen LogP contribution in [0.4, 0.5) is 0 Å². The Morgan fingerprint density at radius 1 is 1.53 bits per heavy atom. The maximum absolute atomic E-state index is 9.05. The molecule has 0 aromatic carbocycles. The van der Waals surface area contributed by atoms with E-state index in [1.54, 1.807) is 11.3 Å². The molecule has 1 atom stereocenters. The lowest BCUT2D eigenvalue weighted by Gasteiger charge is -2.30. The molecule has 1 aliphatic heterocycles. The van der Waals surface area contributed by atoms with Crippen molar-refractivity contribution < 1.29 is 0 Å². The van der Waals surface area contributed by atoms with Crippen molar-refractivity contribution in [1.82, 2.24) is 4.90 Å². The van der Waals surface area contributed by atoms with Crippen molar-refractivity contribution in [3.63, 3.8) is 0 Å². The van der Waals surface area contributed by atoms with Gasteiger partial charge in [-0.3, -0.25) is 4.90 Å². The number of halogens is 1. The molecule has 0 amide bonds. The molecule has 2 nitrogen and oxygen atoms in total. The molecule has 0 aliphatic carbocycles. The summed E-state index contributed by atoms with van der Waals surface area (Å²) < 4.78 is 1.17. The summed E-state index contributed by atoms with van der Waals surface area (Å²) in [5.74, 6) is 0. The molecule has 2 rings (SSSR count). The Bertz CT molecular complexity index is 369. The first-order valence-electron chi connectivity index (χ1n) is 5.17. The van der Waals surface area contributed by atoms with E-state index in [1.165, 1.54) is 21.5 Å². The van der Waals surface area contributed by atoms with E-state index in [0.29, 0.717) is 0 Å². The summed E-state index contributed by atoms with van der Waals surface area (Å²) in [6.07, 6.45) is 3.45. The lowest BCUT2D eigenvalue weighted by Crippen LogP contribution is -2.37. The maximum Gasteiger partial charge on any atom is 0.0981 e. The predicted molar refractivity (Wildman–Crippen MR) is 65.7 cm³/mol. The van der Waals surface area contributed by atoms with E-state index in [1.807, 2.05) is 0 Å². The maximum atomic E-state index is 9.05. The molecular formula is C11H13BrN2S. The first-order chi connectivity index (χ1) is 7.29. The molecule has 0 saturated carbocycles. The summed E-state index contributed by atoms with van der Waals surface area (Å²) in [6, 6.07) is 6.74. The van der Waals surface area contributed by atoms with Crippen LogP contribution in [0.5, 0.6) is 0 Å². The largest absolute Gasteiger partial charge is 0.283 e. The number of nitriles is 1. The first-order valence-corrected chi connectivity index (χ1v) is 6.78. The van der Waals surface area contributed by atoms with Gasteiger partial charge in [0, 0.05) is 11.4 Å². The topological polar surface area (TPSA) is 27.0 Å². The number of thiophene rings is 1. The van der Waals surface area contributed by atoms with E-state index < -0.39 is 0 Å². The molecule has 2 heterocycles. The van der Waals surface area contributed by atoms with Crippen LogP contribution >= 0.6 is 27.3 Å². The van der Waals surface area contributed by atoms with Crippen molar-refractivity contribution >= 4 is 27.3 Å². The molecule has 0 N–H and O–H groups in total. The van der Waals surface area contributed by atoms with Gasteiger partial charge in [-0.1, -0.05) is 0 Å². The van der Waals surface area contributed by atoms with Gasteiger partial charge in [0.25, 0.3) is 0 Å². The molecule has 1 aromatic rings. The second-order valence-corrected chi connectivity index (χ2v) is 6.36. The van der Waals surface area contributed by atoms with E-state index in [9.17, 15) is 0 Å². The van der Waals surface area contributed by atoms with Gasteiger partial charge in [-0.05, 0) is 53.9 Å². The van der Waals surface area contributed by atoms with Crippen LogP contribution in [-0.2, 0) is 6.54 Å². The summed E-state index contributed by atoms with van der Waals surface area (Å²) in [7, 11) is 0. The third-order valence-electron chi connectivity index (χ3n) is 2.75. The zero-order chi connectivity index (χ0) is 10.7. The van der Waals surface area contributed by atoms with Gasteiger partial charge in [0.2, 0.25) is 0 Å². The minimum atomic E-state index is 0.125. The summed E-state index contributed by atoms with van der Waals surface area (Å²) in [4.78, 5) is 3.63. The lowest BCUT2D eigenvalue weighted by molar-refractivity contribution is 0.178. The zero-order valence-corrected chi connectivity index (χ0v) is 10.9. The minimum absolute atomic E-state index is 0.125. The highest BCUT2D eigenvalue weighted by Crippen LogP contribution is 2.26. The molecule has 1 fully saturated rings. The van der Waals surface area contributed by atoms with Crippen molar-refractivity contribution in [3.8, 4) is 6.07 Å². The molecule has 15 heavy (non-hydrogen) atoms. The molecule has 80 valence electrons. The molecule has 1 aromatic heterocycles. The zero-order valence-electron chi connectivity index (χ0n) is 8.45. The van der Waals surface area contributed by atoms with Gasteiger partial charge in [0.15, 0.2) is 0 Å². The summed E-state index contributed by atoms with van der Waals surface area (Å²) in [6.45, 7) is 1.99. The Hall–Kier alpha value is -0.370. The number of hydrogen-bond donors (Lipinski definition) is 0. The van der Waals surface area contributed by atoms with Crippen molar-refractivity contribution in [3.05, 3.63) is 20.8 Å². The summed E-state index contributed by atoms with van der Waals surface area (Å²) in [5, 5.41) is 9.05. The lowest BCUT2D eigenvalue weighted by atomic mass is 10.0. The van der Waals surface area contributed by atoms with Gasteiger partial charge in [-0.25, -0.2) is 0 Å². The van der Waals surface area contributed by atoms with Gasteiger partial charge >= 0.3 is 0 Å². The van der Waals surface area contributed by atoms with Crippen molar-refractivity contribution in [2.24, 2.45) is 0 Å². The average molecular weight is 285 g/mol. The predicted octanol–water partition coefficient (Wildman–Crippen LogP) is 3.39. The molecule has 0 spiro atoms. The molecule has 0 radical (unpaired) electrons. The second kappa shape index (κ2) is 5.11. The third kappa shape index (κ3) is 2.81. The normalized spacial score (nSPS) is 22.5. The fraction of sp³-hybridized carbons (Fsp3) is 0.545.